The molecule has 89 heavy (non-hydrogen) atoms. The van der Waals surface area contributed by atoms with Gasteiger partial charge in [0.2, 0.25) is 5.91 Å². The molecule has 18 heteroatoms. The summed E-state index contributed by atoms with van der Waals surface area (Å²) < 4.78 is 0. The number of carbonyl (C=O) groups is 3. The normalized spacial score (nSPS) is 24.6. The second kappa shape index (κ2) is 28.2. The van der Waals surface area contributed by atoms with Crippen LogP contribution in [0.3, 0.4) is 0 Å². The van der Waals surface area contributed by atoms with E-state index in [0.717, 1.165) is 134 Å². The van der Waals surface area contributed by atoms with Crippen molar-refractivity contribution in [3.8, 4) is 22.3 Å². The van der Waals surface area contributed by atoms with E-state index in [4.69, 9.17) is 43.8 Å². The van der Waals surface area contributed by atoms with Crippen molar-refractivity contribution in [1.82, 2.24) is 34.6 Å². The van der Waals surface area contributed by atoms with Crippen molar-refractivity contribution in [3.05, 3.63) is 157 Å². The molecule has 3 saturated carbocycles. The van der Waals surface area contributed by atoms with Gasteiger partial charge in [0, 0.05) is 50.6 Å². The number of fused-ring (bicyclic) bond motifs is 1. The smallest absolute Gasteiger partial charge is 0.262 e. The van der Waals surface area contributed by atoms with Crippen LogP contribution in [0.2, 0.25) is 5.02 Å². The molecule has 5 heterocycles. The van der Waals surface area contributed by atoms with Crippen molar-refractivity contribution in [2.45, 2.75) is 140 Å². The van der Waals surface area contributed by atoms with Crippen LogP contribution >= 0.6 is 11.6 Å². The van der Waals surface area contributed by atoms with Gasteiger partial charge in [-0.15, -0.1) is 6.58 Å². The van der Waals surface area contributed by atoms with Crippen LogP contribution in [0, 0.1) is 23.7 Å². The number of hydrogen-bond acceptors (Lipinski definition) is 14. The number of nitrogens with one attached hydrogen (secondary N) is 1. The van der Waals surface area contributed by atoms with Gasteiger partial charge in [-0.2, -0.15) is 0 Å². The molecule has 6 atom stereocenters. The number of nitrogens with zero attached hydrogens (tertiary/aromatic N) is 10. The number of nitrogens with two attached hydrogens (primary N) is 3. The number of benzene rings is 4. The van der Waals surface area contributed by atoms with E-state index in [1.807, 2.05) is 116 Å². The number of hydrogen-bond donors (Lipinski definition) is 4. The summed E-state index contributed by atoms with van der Waals surface area (Å²) in [6.45, 7) is 13.3. The molecule has 0 bridgehead atoms. The summed E-state index contributed by atoms with van der Waals surface area (Å²) in [5.41, 5.74) is 23.9. The number of guanidine groups is 3. The largest absolute Gasteiger partial charge is 0.369 e. The van der Waals surface area contributed by atoms with Crippen LogP contribution in [0.4, 0.5) is 5.82 Å². The number of pyridine rings is 1. The molecule has 468 valence electrons. The maximum Gasteiger partial charge on any atom is 0.262 e. The van der Waals surface area contributed by atoms with Crippen molar-refractivity contribution in [2.24, 2.45) is 55.8 Å². The highest BCUT2D eigenvalue weighted by Gasteiger charge is 2.58. The average molecular weight is 1220 g/mol. The van der Waals surface area contributed by atoms with Gasteiger partial charge in [0.25, 0.3) is 11.8 Å². The SMILES string of the molecule is C=CC[C@H]1C(=O)N(C)C(N)=N[C@]1(C)c1cccc(-c2cccnc2)c1.CCN(CC)CCN1C(=O)C(c2cccc(-c3cccc(Cl)c3)c2)(C2CC2)N=C1N.CN1C(=O)[C@@](CCC2CCCCC2)(C[C@H]2CCC[C@@H](Nc3cnc4ccccc4n3)C2)N=C1N. The molecule has 3 aliphatic heterocycles. The highest BCUT2D eigenvalue weighted by Crippen LogP contribution is 2.52. The van der Waals surface area contributed by atoms with Crippen LogP contribution in [0.1, 0.15) is 128 Å². The van der Waals surface area contributed by atoms with Gasteiger partial charge < -0.3 is 27.4 Å². The van der Waals surface area contributed by atoms with E-state index in [9.17, 15) is 14.4 Å². The fourth-order valence-corrected chi connectivity index (χ4v) is 14.3. The van der Waals surface area contributed by atoms with Crippen LogP contribution < -0.4 is 22.5 Å². The molecule has 17 nitrogen and oxygen atoms in total. The number of rotatable bonds is 19. The minimum atomic E-state index is -0.901. The Morgan fingerprint density at radius 1 is 0.697 bits per heavy atom. The molecule has 0 spiro atoms. The molecule has 6 aliphatic rings. The summed E-state index contributed by atoms with van der Waals surface area (Å²) in [6.07, 6.45) is 23.4. The average Bonchev–Trinajstić information content (AvgIpc) is 1.94. The van der Waals surface area contributed by atoms with Gasteiger partial charge in [-0.3, -0.25) is 39.1 Å². The second-order valence-corrected chi connectivity index (χ2v) is 25.7. The van der Waals surface area contributed by atoms with E-state index in [1.54, 1.807) is 36.2 Å². The Morgan fingerprint density at radius 3 is 2.03 bits per heavy atom. The molecule has 2 aromatic heterocycles. The Morgan fingerprint density at radius 2 is 1.36 bits per heavy atom. The summed E-state index contributed by atoms with van der Waals surface area (Å²) in [5.74, 6) is 2.89. The van der Waals surface area contributed by atoms with Crippen LogP contribution in [-0.2, 0) is 25.5 Å². The number of allylic oxidation sites excluding steroid dienone is 1. The maximum atomic E-state index is 13.7. The zero-order valence-electron chi connectivity index (χ0n) is 52.5. The Bertz CT molecular complexity index is 3580. The summed E-state index contributed by atoms with van der Waals surface area (Å²) in [5, 5.41) is 4.31. The Hall–Kier alpha value is -8.02. The van der Waals surface area contributed by atoms with Crippen molar-refractivity contribution in [3.63, 3.8) is 0 Å². The van der Waals surface area contributed by atoms with E-state index in [0.29, 0.717) is 41.9 Å². The summed E-state index contributed by atoms with van der Waals surface area (Å²) >= 11 is 6.19. The van der Waals surface area contributed by atoms with E-state index < -0.39 is 16.6 Å². The van der Waals surface area contributed by atoms with Crippen molar-refractivity contribution in [1.29, 1.82) is 0 Å². The quantitative estimate of drug-likeness (QED) is 0.0557. The number of amides is 3. The van der Waals surface area contributed by atoms with Gasteiger partial charge in [0.1, 0.15) is 11.4 Å². The first-order chi connectivity index (χ1) is 43.0. The van der Waals surface area contributed by atoms with Crippen LogP contribution in [0.15, 0.2) is 155 Å². The standard InChI is InChI=1S/C27H38N6O.C24H29ClN4O.C20H22N4O/c1-33-25(34)27(32-26(33)28,15-14-19-8-3-2-4-9-19)17-20-10-7-11-21(16-20)30-24-18-29-22-12-5-6-13-23(22)31-24;1-3-28(4-2)13-14-29-22(30)24(19-11-12-19,27-23(29)26)20-9-5-7-17(15-20)18-8-6-10-21(25)16-18;1-4-7-17-18(25)24(3)19(21)23-20(17,2)16-10-5-8-14(12-16)15-9-6-11-22-13-15/h5-6,12-13,18-21H,2-4,7-11,14-17H2,1H3,(H2,28,32)(H,30,31);5-10,15-16,19H,3-4,11-14H2,1-2H3,(H2,26,27);4-6,8-13,17H,1,7H2,2-3H3,(H2,21,23)/t20-,21+,27+;;17-,20+/m0.0/s1. The number of para-hydroxylation sites is 2. The van der Waals surface area contributed by atoms with Gasteiger partial charge in [-0.05, 0) is 165 Å². The van der Waals surface area contributed by atoms with E-state index in [-0.39, 0.29) is 35.5 Å². The first-order valence-electron chi connectivity index (χ1n) is 32.1. The number of carbonyl (C=O) groups excluding carboxylic acids is 3. The molecule has 1 unspecified atom stereocenters. The highest BCUT2D eigenvalue weighted by atomic mass is 35.5. The molecule has 3 fully saturated rings. The molecule has 0 radical (unpaired) electrons. The molecule has 12 rings (SSSR count). The zero-order valence-corrected chi connectivity index (χ0v) is 53.3. The zero-order chi connectivity index (χ0) is 62.9. The fourth-order valence-electron chi connectivity index (χ4n) is 14.1. The number of likely N-dealkylation sites (N-methyl/N-ethyl adjacent to an activating group) is 2. The van der Waals surface area contributed by atoms with E-state index in [1.165, 1.54) is 37.0 Å². The number of anilines is 1. The van der Waals surface area contributed by atoms with E-state index >= 15 is 0 Å². The van der Waals surface area contributed by atoms with Crippen molar-refractivity contribution in [2.75, 3.05) is 45.6 Å². The van der Waals surface area contributed by atoms with Crippen molar-refractivity contribution >= 4 is 64.1 Å². The van der Waals surface area contributed by atoms with Crippen LogP contribution in [-0.4, -0.2) is 122 Å². The molecule has 6 aromatic rings. The van der Waals surface area contributed by atoms with Gasteiger partial charge in [-0.1, -0.05) is 143 Å². The maximum absolute atomic E-state index is 13.7. The van der Waals surface area contributed by atoms with Gasteiger partial charge in [-0.25, -0.2) is 20.0 Å². The van der Waals surface area contributed by atoms with Crippen molar-refractivity contribution < 1.29 is 14.4 Å². The first-order valence-corrected chi connectivity index (χ1v) is 32.5. The monoisotopic (exact) mass is 1220 g/mol. The number of halogens is 1. The topological polar surface area (TPSA) is 230 Å². The van der Waals surface area contributed by atoms with Crippen LogP contribution in [0.25, 0.3) is 33.3 Å². The molecular weight excluding hydrogens is 1130 g/mol. The lowest BCUT2D eigenvalue weighted by molar-refractivity contribution is -0.134. The minimum Gasteiger partial charge on any atom is -0.369 e. The number of aromatic nitrogens is 3. The van der Waals surface area contributed by atoms with Crippen LogP contribution in [0.5, 0.6) is 0 Å². The lowest BCUT2D eigenvalue weighted by atomic mass is 9.74. The summed E-state index contributed by atoms with van der Waals surface area (Å²) in [6, 6.07) is 36.1. The highest BCUT2D eigenvalue weighted by molar-refractivity contribution is 6.30. The van der Waals surface area contributed by atoms with Gasteiger partial charge in [0.05, 0.1) is 28.7 Å². The lowest BCUT2D eigenvalue weighted by Crippen LogP contribution is -2.53. The fraction of sp³-hybridized carbons (Fsp3) is 0.451. The molecule has 3 amide bonds. The molecule has 3 aliphatic carbocycles. The molecule has 7 N–H and O–H groups in total. The molecule has 4 aromatic carbocycles. The lowest BCUT2D eigenvalue weighted by Gasteiger charge is -2.40. The Balaban J connectivity index is 0.000000149. The van der Waals surface area contributed by atoms with Gasteiger partial charge in [0.15, 0.2) is 23.4 Å². The van der Waals surface area contributed by atoms with E-state index in [2.05, 4.69) is 57.7 Å². The predicted molar refractivity (Wildman–Crippen MR) is 359 cm³/mol. The third kappa shape index (κ3) is 14.2. The molecule has 0 saturated heterocycles. The summed E-state index contributed by atoms with van der Waals surface area (Å²) in [4.78, 5) is 74.6. The molecular formula is C71H89ClN14O3. The summed E-state index contributed by atoms with van der Waals surface area (Å²) in [7, 11) is 3.43. The Kier molecular flexibility index (Phi) is 20.3. The Labute approximate surface area is 530 Å². The van der Waals surface area contributed by atoms with Gasteiger partial charge >= 0.3 is 0 Å². The predicted octanol–water partition coefficient (Wildman–Crippen LogP) is 11.9. The minimum absolute atomic E-state index is 0.0119. The first kappa shape index (κ1) is 64.0. The third-order valence-corrected chi connectivity index (χ3v) is 19.7. The second-order valence-electron chi connectivity index (χ2n) is 25.2. The number of aliphatic imine (C=N–C) groups is 3. The third-order valence-electron chi connectivity index (χ3n) is 19.4.